The standard InChI is InChI=1S/C29H47N9O13/c1-13(2)6-18(29(51)35-14(3)25(47)34-12-24(45)46)37-22(42)11-33-27(49)19(8-23(43)44)38-28(50)16(4-5-20(30)40)36-21(41)10-32-26(48)17-7-15(39)9-31-17/h13-19,31,39H,4-12H2,1-3H3,(H2,30,40)(H,32,48)(H,33,49)(H,34,47)(H,35,51)(H,36,41)(H,37,42)(H,38,50)(H,43,44)(H,45,46)/t14-,15+,16-,17-,18-,19-/m0/s1. The summed E-state index contributed by atoms with van der Waals surface area (Å²) in [6.07, 6.45) is -2.25. The van der Waals surface area contributed by atoms with Gasteiger partial charge in [0.25, 0.3) is 0 Å². The van der Waals surface area contributed by atoms with Crippen LogP contribution in [0.15, 0.2) is 0 Å². The van der Waals surface area contributed by atoms with E-state index in [1.807, 2.05) is 0 Å². The monoisotopic (exact) mass is 729 g/mol. The number of carbonyl (C=O) groups is 10. The highest BCUT2D eigenvalue weighted by Gasteiger charge is 2.31. The van der Waals surface area contributed by atoms with Gasteiger partial charge in [-0.05, 0) is 32.1 Å². The molecule has 6 atom stereocenters. The topological polar surface area (TPSA) is 354 Å². The number of carboxylic acids is 2. The van der Waals surface area contributed by atoms with Gasteiger partial charge in [-0.15, -0.1) is 0 Å². The third kappa shape index (κ3) is 17.7. The van der Waals surface area contributed by atoms with Crippen molar-refractivity contribution in [2.45, 2.75) is 89.2 Å². The first-order chi connectivity index (χ1) is 23.8. The summed E-state index contributed by atoms with van der Waals surface area (Å²) in [5, 5.41) is 46.1. The Balaban J connectivity index is 2.88. The summed E-state index contributed by atoms with van der Waals surface area (Å²) in [6, 6.07) is -6.40. The summed E-state index contributed by atoms with van der Waals surface area (Å²) >= 11 is 0. The van der Waals surface area contributed by atoms with E-state index in [-0.39, 0.29) is 31.7 Å². The molecule has 0 unspecified atom stereocenters. The summed E-state index contributed by atoms with van der Waals surface area (Å²) < 4.78 is 0. The van der Waals surface area contributed by atoms with Gasteiger partial charge in [-0.1, -0.05) is 13.8 Å². The van der Waals surface area contributed by atoms with E-state index in [1.165, 1.54) is 6.92 Å². The van der Waals surface area contributed by atoms with E-state index >= 15 is 0 Å². The lowest BCUT2D eigenvalue weighted by Gasteiger charge is -2.23. The first-order valence-electron chi connectivity index (χ1n) is 15.9. The number of carbonyl (C=O) groups excluding carboxylic acids is 8. The molecule has 0 aromatic carbocycles. The minimum atomic E-state index is -1.78. The summed E-state index contributed by atoms with van der Waals surface area (Å²) in [4.78, 5) is 122. The van der Waals surface area contributed by atoms with Gasteiger partial charge in [0.2, 0.25) is 47.3 Å². The van der Waals surface area contributed by atoms with Gasteiger partial charge in [-0.2, -0.15) is 0 Å². The number of hydrogen-bond acceptors (Lipinski definition) is 12. The van der Waals surface area contributed by atoms with Gasteiger partial charge < -0.3 is 63.6 Å². The Morgan fingerprint density at radius 3 is 1.80 bits per heavy atom. The van der Waals surface area contributed by atoms with Gasteiger partial charge in [-0.25, -0.2) is 0 Å². The molecule has 0 aromatic rings. The van der Waals surface area contributed by atoms with Gasteiger partial charge in [0, 0.05) is 13.0 Å². The van der Waals surface area contributed by atoms with Crippen molar-refractivity contribution >= 4 is 59.2 Å². The van der Waals surface area contributed by atoms with E-state index in [0.29, 0.717) is 0 Å². The zero-order valence-corrected chi connectivity index (χ0v) is 28.4. The maximum Gasteiger partial charge on any atom is 0.322 e. The van der Waals surface area contributed by atoms with E-state index < -0.39 is 128 Å². The van der Waals surface area contributed by atoms with Crippen LogP contribution >= 0.6 is 0 Å². The summed E-state index contributed by atoms with van der Waals surface area (Å²) in [7, 11) is 0. The predicted molar refractivity (Wildman–Crippen MR) is 173 cm³/mol. The summed E-state index contributed by atoms with van der Waals surface area (Å²) in [5.74, 6) is -9.96. The first kappa shape index (κ1) is 43.6. The number of amides is 8. The fourth-order valence-corrected chi connectivity index (χ4v) is 4.60. The van der Waals surface area contributed by atoms with Crippen molar-refractivity contribution in [3.8, 4) is 0 Å². The Bertz CT molecular complexity index is 1330. The van der Waals surface area contributed by atoms with Crippen LogP contribution in [0.2, 0.25) is 0 Å². The number of nitrogens with one attached hydrogen (secondary N) is 8. The van der Waals surface area contributed by atoms with Crippen LogP contribution in [0.4, 0.5) is 0 Å². The first-order valence-corrected chi connectivity index (χ1v) is 15.9. The highest BCUT2D eigenvalue weighted by atomic mass is 16.4. The van der Waals surface area contributed by atoms with Crippen LogP contribution in [0, 0.1) is 5.92 Å². The van der Waals surface area contributed by atoms with Crippen molar-refractivity contribution in [2.75, 3.05) is 26.2 Å². The van der Waals surface area contributed by atoms with Crippen molar-refractivity contribution in [3.63, 3.8) is 0 Å². The lowest BCUT2D eigenvalue weighted by Crippen LogP contribution is -2.57. The Morgan fingerprint density at radius 1 is 0.706 bits per heavy atom. The van der Waals surface area contributed by atoms with Gasteiger partial charge in [0.15, 0.2) is 0 Å². The molecule has 0 spiro atoms. The van der Waals surface area contributed by atoms with Crippen molar-refractivity contribution in [2.24, 2.45) is 11.7 Å². The maximum atomic E-state index is 13.1. The highest BCUT2D eigenvalue weighted by molar-refractivity contribution is 5.97. The second-order valence-electron chi connectivity index (χ2n) is 12.2. The maximum absolute atomic E-state index is 13.1. The minimum Gasteiger partial charge on any atom is -0.481 e. The molecule has 13 N–H and O–H groups in total. The third-order valence-electron chi connectivity index (χ3n) is 7.14. The van der Waals surface area contributed by atoms with Crippen molar-refractivity contribution in [1.29, 1.82) is 0 Å². The van der Waals surface area contributed by atoms with E-state index in [1.54, 1.807) is 13.8 Å². The number of primary amides is 1. The largest absolute Gasteiger partial charge is 0.481 e. The van der Waals surface area contributed by atoms with Crippen molar-refractivity contribution in [3.05, 3.63) is 0 Å². The van der Waals surface area contributed by atoms with Crippen LogP contribution < -0.4 is 48.3 Å². The van der Waals surface area contributed by atoms with Crippen molar-refractivity contribution < 1.29 is 63.3 Å². The number of aliphatic hydroxyl groups excluding tert-OH is 1. The SMILES string of the molecule is CC(C)C[C@H](NC(=O)CNC(=O)[C@H](CC(=O)O)NC(=O)[C@H](CCC(N)=O)NC(=O)CNC(=O)[C@@H]1C[C@@H](O)CN1)C(=O)N[C@@H](C)C(=O)NCC(=O)O. The molecule has 286 valence electrons. The number of hydrogen-bond donors (Lipinski definition) is 12. The van der Waals surface area contributed by atoms with Crippen molar-refractivity contribution in [1.82, 2.24) is 42.5 Å². The molecule has 0 bridgehead atoms. The quantitative estimate of drug-likeness (QED) is 0.0494. The molecule has 8 amide bonds. The molecule has 22 heteroatoms. The fourth-order valence-electron chi connectivity index (χ4n) is 4.60. The Hall–Kier alpha value is -5.38. The number of aliphatic hydroxyl groups is 1. The van der Waals surface area contributed by atoms with Gasteiger partial charge in [0.05, 0.1) is 31.7 Å². The molecular weight excluding hydrogens is 682 g/mol. The highest BCUT2D eigenvalue weighted by Crippen LogP contribution is 2.07. The van der Waals surface area contributed by atoms with Crippen LogP contribution in [0.25, 0.3) is 0 Å². The van der Waals surface area contributed by atoms with E-state index in [2.05, 4.69) is 42.5 Å². The number of carboxylic acid groups (broad SMARTS) is 2. The molecule has 1 aliphatic rings. The number of nitrogens with two attached hydrogens (primary N) is 1. The van der Waals surface area contributed by atoms with Gasteiger partial charge >= 0.3 is 11.9 Å². The second-order valence-corrected chi connectivity index (χ2v) is 12.2. The molecule has 0 saturated carbocycles. The molecule has 1 rings (SSSR count). The zero-order chi connectivity index (χ0) is 38.8. The third-order valence-corrected chi connectivity index (χ3v) is 7.14. The summed E-state index contributed by atoms with van der Waals surface area (Å²) in [6.45, 7) is 2.90. The summed E-state index contributed by atoms with van der Waals surface area (Å²) in [5.41, 5.74) is 5.16. The van der Waals surface area contributed by atoms with Crippen LogP contribution in [0.1, 0.15) is 52.9 Å². The number of aliphatic carboxylic acids is 2. The smallest absolute Gasteiger partial charge is 0.322 e. The average Bonchev–Trinajstić information content (AvgIpc) is 3.47. The lowest BCUT2D eigenvalue weighted by molar-refractivity contribution is -0.141. The zero-order valence-electron chi connectivity index (χ0n) is 28.4. The molecule has 0 aliphatic carbocycles. The molecule has 0 radical (unpaired) electrons. The molecule has 51 heavy (non-hydrogen) atoms. The van der Waals surface area contributed by atoms with E-state index in [4.69, 9.17) is 10.8 Å². The Kier molecular flexibility index (Phi) is 18.5. The average molecular weight is 730 g/mol. The molecule has 1 saturated heterocycles. The van der Waals surface area contributed by atoms with Gasteiger partial charge in [0.1, 0.15) is 30.7 Å². The van der Waals surface area contributed by atoms with Gasteiger partial charge in [-0.3, -0.25) is 47.9 Å². The molecule has 1 aliphatic heterocycles. The molecular formula is C29H47N9O13. The van der Waals surface area contributed by atoms with Crippen LogP contribution in [0.5, 0.6) is 0 Å². The Morgan fingerprint density at radius 2 is 1.27 bits per heavy atom. The normalized spacial score (nSPS) is 17.4. The van der Waals surface area contributed by atoms with Crippen LogP contribution in [-0.2, 0) is 47.9 Å². The molecule has 1 fully saturated rings. The lowest BCUT2D eigenvalue weighted by atomic mass is 10.0. The van der Waals surface area contributed by atoms with Crippen LogP contribution in [0.3, 0.4) is 0 Å². The number of rotatable bonds is 22. The predicted octanol–water partition coefficient (Wildman–Crippen LogP) is -6.11. The van der Waals surface area contributed by atoms with E-state index in [0.717, 1.165) is 0 Å². The molecule has 1 heterocycles. The fraction of sp³-hybridized carbons (Fsp3) is 0.655. The Labute approximate surface area is 292 Å². The second kappa shape index (κ2) is 21.7. The molecule has 22 nitrogen and oxygen atoms in total. The molecule has 0 aromatic heterocycles. The van der Waals surface area contributed by atoms with Crippen LogP contribution in [-0.4, -0.2) is 137 Å². The van der Waals surface area contributed by atoms with E-state index in [9.17, 15) is 58.2 Å². The number of β-amino-alcohol motifs (C(OH)–C–C–N with tert-alkyl or cyclic N) is 1. The minimum absolute atomic E-state index is 0.0926.